The number of aromatic amines is 2. The Bertz CT molecular complexity index is 954. The standard InChI is InChI=1S/C17H16FN5O4/c1-27-17(26)14(5-10-7-19-8-20-10)21-16(25)13-6-12(22-23-13)11-4-9(18)2-3-15(11)24/h2-4,6-8,14,24H,5H2,1H3,(H,19,20)(H,21,25)(H,22,23). The first kappa shape index (κ1) is 18.1. The summed E-state index contributed by atoms with van der Waals surface area (Å²) in [7, 11) is 1.22. The maximum Gasteiger partial charge on any atom is 0.328 e. The summed E-state index contributed by atoms with van der Waals surface area (Å²) < 4.78 is 18.1. The smallest absolute Gasteiger partial charge is 0.328 e. The second kappa shape index (κ2) is 7.68. The van der Waals surface area contributed by atoms with Gasteiger partial charge >= 0.3 is 5.97 Å². The highest BCUT2D eigenvalue weighted by atomic mass is 19.1. The number of phenolic OH excluding ortho intramolecular Hbond substituents is 1. The Morgan fingerprint density at radius 1 is 1.37 bits per heavy atom. The van der Waals surface area contributed by atoms with Gasteiger partial charge in [-0.25, -0.2) is 14.2 Å². The Balaban J connectivity index is 1.77. The number of rotatable bonds is 6. The summed E-state index contributed by atoms with van der Waals surface area (Å²) in [4.78, 5) is 31.1. The van der Waals surface area contributed by atoms with Gasteiger partial charge in [0.1, 0.15) is 23.3 Å². The highest BCUT2D eigenvalue weighted by molar-refractivity contribution is 5.96. The number of amides is 1. The van der Waals surface area contributed by atoms with E-state index < -0.39 is 23.7 Å². The number of imidazole rings is 1. The number of phenols is 1. The molecular formula is C17H16FN5O4. The van der Waals surface area contributed by atoms with E-state index in [1.165, 1.54) is 31.8 Å². The summed E-state index contributed by atoms with van der Waals surface area (Å²) >= 11 is 0. The van der Waals surface area contributed by atoms with Gasteiger partial charge in [-0.2, -0.15) is 5.10 Å². The van der Waals surface area contributed by atoms with Gasteiger partial charge < -0.3 is 20.1 Å². The van der Waals surface area contributed by atoms with Crippen molar-refractivity contribution in [3.63, 3.8) is 0 Å². The number of carbonyl (C=O) groups excluding carboxylic acids is 2. The van der Waals surface area contributed by atoms with Crippen molar-refractivity contribution < 1.29 is 23.8 Å². The van der Waals surface area contributed by atoms with E-state index in [1.807, 2.05) is 0 Å². The van der Waals surface area contributed by atoms with Crippen LogP contribution in [0.4, 0.5) is 4.39 Å². The number of methoxy groups -OCH3 is 1. The van der Waals surface area contributed by atoms with Gasteiger partial charge in [-0.3, -0.25) is 9.89 Å². The molecule has 0 radical (unpaired) electrons. The Labute approximate surface area is 152 Å². The fourth-order valence-electron chi connectivity index (χ4n) is 2.48. The number of aromatic nitrogens is 4. The highest BCUT2D eigenvalue weighted by Crippen LogP contribution is 2.28. The molecule has 3 rings (SSSR count). The van der Waals surface area contributed by atoms with Crippen molar-refractivity contribution in [2.24, 2.45) is 0 Å². The van der Waals surface area contributed by atoms with E-state index in [1.54, 1.807) is 0 Å². The molecule has 3 aromatic rings. The van der Waals surface area contributed by atoms with Gasteiger partial charge in [0.25, 0.3) is 5.91 Å². The number of H-pyrrole nitrogens is 2. The number of halogens is 1. The maximum absolute atomic E-state index is 13.4. The lowest BCUT2D eigenvalue weighted by Gasteiger charge is -2.15. The Kier molecular flexibility index (Phi) is 5.15. The quantitative estimate of drug-likeness (QED) is 0.479. The Hall–Kier alpha value is -3.69. The molecule has 2 aromatic heterocycles. The van der Waals surface area contributed by atoms with Gasteiger partial charge in [0.15, 0.2) is 0 Å². The molecule has 1 unspecified atom stereocenters. The van der Waals surface area contributed by atoms with Crippen LogP contribution in [0.1, 0.15) is 16.2 Å². The summed E-state index contributed by atoms with van der Waals surface area (Å²) in [6.07, 6.45) is 3.14. The average Bonchev–Trinajstić information content (AvgIpc) is 3.34. The Morgan fingerprint density at radius 2 is 2.19 bits per heavy atom. The number of carbonyl (C=O) groups is 2. The minimum atomic E-state index is -0.947. The van der Waals surface area contributed by atoms with Crippen molar-refractivity contribution >= 4 is 11.9 Å². The van der Waals surface area contributed by atoms with Crippen molar-refractivity contribution in [2.45, 2.75) is 12.5 Å². The molecule has 0 fully saturated rings. The number of esters is 1. The average molecular weight is 373 g/mol. The monoisotopic (exact) mass is 373 g/mol. The molecule has 0 saturated heterocycles. The van der Waals surface area contributed by atoms with E-state index in [2.05, 4.69) is 25.5 Å². The molecule has 0 spiro atoms. The summed E-state index contributed by atoms with van der Waals surface area (Å²) in [5, 5.41) is 18.8. The SMILES string of the molecule is COC(=O)C(Cc1cnc[nH]1)NC(=O)c1cc(-c2cc(F)ccc2O)n[nH]1. The lowest BCUT2D eigenvalue weighted by atomic mass is 10.1. The number of hydrogen-bond acceptors (Lipinski definition) is 6. The maximum atomic E-state index is 13.4. The lowest BCUT2D eigenvalue weighted by molar-refractivity contribution is -0.142. The van der Waals surface area contributed by atoms with Crippen LogP contribution in [0, 0.1) is 5.82 Å². The lowest BCUT2D eigenvalue weighted by Crippen LogP contribution is -2.43. The van der Waals surface area contributed by atoms with Crippen LogP contribution in [0.3, 0.4) is 0 Å². The van der Waals surface area contributed by atoms with Crippen LogP contribution >= 0.6 is 0 Å². The Morgan fingerprint density at radius 3 is 2.89 bits per heavy atom. The molecule has 0 aliphatic carbocycles. The minimum absolute atomic E-state index is 0.0344. The zero-order valence-corrected chi connectivity index (χ0v) is 14.2. The molecule has 1 amide bonds. The zero-order chi connectivity index (χ0) is 19.4. The predicted octanol–water partition coefficient (Wildman–Crippen LogP) is 1.16. The molecule has 4 N–H and O–H groups in total. The van der Waals surface area contributed by atoms with Gasteiger partial charge in [0.05, 0.1) is 19.1 Å². The highest BCUT2D eigenvalue weighted by Gasteiger charge is 2.24. The van der Waals surface area contributed by atoms with E-state index in [-0.39, 0.29) is 29.1 Å². The molecule has 0 aliphatic rings. The normalized spacial score (nSPS) is 11.8. The topological polar surface area (TPSA) is 133 Å². The molecule has 9 nitrogen and oxygen atoms in total. The first-order chi connectivity index (χ1) is 13.0. The zero-order valence-electron chi connectivity index (χ0n) is 14.2. The number of hydrogen-bond donors (Lipinski definition) is 4. The van der Waals surface area contributed by atoms with Crippen LogP contribution in [0.5, 0.6) is 5.75 Å². The van der Waals surface area contributed by atoms with Crippen LogP contribution in [-0.2, 0) is 16.0 Å². The van der Waals surface area contributed by atoms with Crippen molar-refractivity contribution in [1.82, 2.24) is 25.5 Å². The van der Waals surface area contributed by atoms with Crippen LogP contribution < -0.4 is 5.32 Å². The summed E-state index contributed by atoms with van der Waals surface area (Å²) in [5.41, 5.74) is 0.987. The number of aromatic hydroxyl groups is 1. The van der Waals surface area contributed by atoms with Crippen molar-refractivity contribution in [3.8, 4) is 17.0 Å². The van der Waals surface area contributed by atoms with E-state index >= 15 is 0 Å². The molecule has 27 heavy (non-hydrogen) atoms. The van der Waals surface area contributed by atoms with Crippen LogP contribution in [0.15, 0.2) is 36.8 Å². The van der Waals surface area contributed by atoms with Crippen molar-refractivity contribution in [2.75, 3.05) is 7.11 Å². The molecule has 10 heteroatoms. The molecule has 0 aliphatic heterocycles. The number of ether oxygens (including phenoxy) is 1. The predicted molar refractivity (Wildman–Crippen MR) is 91.2 cm³/mol. The molecule has 140 valence electrons. The van der Waals surface area contributed by atoms with Crippen molar-refractivity contribution in [1.29, 1.82) is 0 Å². The fraction of sp³-hybridized carbons (Fsp3) is 0.176. The molecule has 0 saturated carbocycles. The summed E-state index contributed by atoms with van der Waals surface area (Å²) in [5.74, 6) is -1.97. The van der Waals surface area contributed by atoms with Crippen LogP contribution in [0.2, 0.25) is 0 Å². The molecular weight excluding hydrogens is 357 g/mol. The van der Waals surface area contributed by atoms with Gasteiger partial charge in [0, 0.05) is 23.9 Å². The first-order valence-corrected chi connectivity index (χ1v) is 7.88. The van der Waals surface area contributed by atoms with Crippen LogP contribution in [-0.4, -0.2) is 50.3 Å². The molecule has 0 bridgehead atoms. The van der Waals surface area contributed by atoms with Gasteiger partial charge in [-0.05, 0) is 24.3 Å². The third kappa shape index (κ3) is 4.11. The first-order valence-electron chi connectivity index (χ1n) is 7.88. The largest absolute Gasteiger partial charge is 0.507 e. The van der Waals surface area contributed by atoms with Crippen molar-refractivity contribution in [3.05, 3.63) is 54.0 Å². The summed E-state index contributed by atoms with van der Waals surface area (Å²) in [6, 6.07) is 3.79. The van der Waals surface area contributed by atoms with E-state index in [4.69, 9.17) is 4.74 Å². The third-order valence-electron chi connectivity index (χ3n) is 3.83. The van der Waals surface area contributed by atoms with E-state index in [0.29, 0.717) is 5.69 Å². The molecule has 2 heterocycles. The number of benzene rings is 1. The minimum Gasteiger partial charge on any atom is -0.507 e. The summed E-state index contributed by atoms with van der Waals surface area (Å²) in [6.45, 7) is 0. The third-order valence-corrected chi connectivity index (χ3v) is 3.83. The van der Waals surface area contributed by atoms with E-state index in [0.717, 1.165) is 12.1 Å². The number of nitrogens with zero attached hydrogens (tertiary/aromatic N) is 2. The molecule has 1 atom stereocenters. The molecule has 1 aromatic carbocycles. The van der Waals surface area contributed by atoms with Gasteiger partial charge in [-0.1, -0.05) is 0 Å². The fourth-order valence-corrected chi connectivity index (χ4v) is 2.48. The van der Waals surface area contributed by atoms with Crippen LogP contribution in [0.25, 0.3) is 11.3 Å². The second-order valence-corrected chi connectivity index (χ2v) is 5.66. The van der Waals surface area contributed by atoms with Gasteiger partial charge in [-0.15, -0.1) is 0 Å². The van der Waals surface area contributed by atoms with Gasteiger partial charge in [0.2, 0.25) is 0 Å². The van der Waals surface area contributed by atoms with E-state index in [9.17, 15) is 19.1 Å². The second-order valence-electron chi connectivity index (χ2n) is 5.66. The number of nitrogens with one attached hydrogen (secondary N) is 3.